The van der Waals surface area contributed by atoms with Gasteiger partial charge < -0.3 is 4.90 Å². The minimum absolute atomic E-state index is 0.178. The molecule has 1 aliphatic heterocycles. The van der Waals surface area contributed by atoms with E-state index < -0.39 is 0 Å². The van der Waals surface area contributed by atoms with E-state index in [-0.39, 0.29) is 11.9 Å². The van der Waals surface area contributed by atoms with Gasteiger partial charge in [0.1, 0.15) is 0 Å². The van der Waals surface area contributed by atoms with E-state index in [0.29, 0.717) is 19.0 Å². The molecule has 2 heterocycles. The molecule has 2 aromatic rings. The molecule has 1 aliphatic rings. The number of hydrogen-bond acceptors (Lipinski definition) is 4. The van der Waals surface area contributed by atoms with E-state index in [4.69, 9.17) is 11.6 Å². The number of carbonyl (C=O) groups excluding carboxylic acids is 1. The number of likely N-dealkylation sites (tertiary alicyclic amines) is 1. The predicted molar refractivity (Wildman–Crippen MR) is 97.3 cm³/mol. The van der Waals surface area contributed by atoms with Gasteiger partial charge in [0.25, 0.3) is 5.95 Å². The third kappa shape index (κ3) is 4.17. The van der Waals surface area contributed by atoms with Crippen LogP contribution in [-0.4, -0.2) is 44.2 Å². The number of rotatable bonds is 2. The predicted octanol–water partition coefficient (Wildman–Crippen LogP) is 3.13. The van der Waals surface area contributed by atoms with E-state index in [0.717, 1.165) is 22.6 Å². The number of nitrogens with zero attached hydrogens (tertiary/aromatic N) is 5. The molecule has 1 aromatic carbocycles. The van der Waals surface area contributed by atoms with E-state index in [1.807, 2.05) is 19.1 Å². The molecule has 1 saturated heterocycles. The molecule has 1 N–H and O–H groups in total. The Balaban J connectivity index is 1.67. The van der Waals surface area contributed by atoms with Crippen molar-refractivity contribution >= 4 is 29.7 Å². The van der Waals surface area contributed by atoms with Crippen molar-refractivity contribution in [3.05, 3.63) is 39.9 Å². The SMILES string of the molecule is Cc1cc(Cl)cc(/C=C2\CCN(C(=O)Nc3nnnn3C)CC2C)c1. The highest BCUT2D eigenvalue weighted by Gasteiger charge is 2.25. The monoisotopic (exact) mass is 360 g/mol. The highest BCUT2D eigenvalue weighted by atomic mass is 35.5. The van der Waals surface area contributed by atoms with Crippen LogP contribution in [0.3, 0.4) is 0 Å². The van der Waals surface area contributed by atoms with Gasteiger partial charge in [0.15, 0.2) is 0 Å². The Hall–Kier alpha value is -2.41. The van der Waals surface area contributed by atoms with Crippen LogP contribution in [0.25, 0.3) is 6.08 Å². The molecule has 25 heavy (non-hydrogen) atoms. The Labute approximate surface area is 151 Å². The zero-order valence-electron chi connectivity index (χ0n) is 14.5. The summed E-state index contributed by atoms with van der Waals surface area (Å²) >= 11 is 6.14. The average Bonchev–Trinajstić information content (AvgIpc) is 2.93. The van der Waals surface area contributed by atoms with E-state index in [1.165, 1.54) is 10.3 Å². The zero-order valence-corrected chi connectivity index (χ0v) is 15.3. The maximum atomic E-state index is 12.4. The number of aromatic nitrogens is 4. The number of aryl methyl sites for hydroxylation is 2. The molecule has 2 amide bonds. The van der Waals surface area contributed by atoms with E-state index >= 15 is 0 Å². The Morgan fingerprint density at radius 2 is 2.20 bits per heavy atom. The van der Waals surface area contributed by atoms with Crippen molar-refractivity contribution in [3.63, 3.8) is 0 Å². The van der Waals surface area contributed by atoms with Crippen molar-refractivity contribution in [2.45, 2.75) is 20.3 Å². The smallest absolute Gasteiger partial charge is 0.324 e. The minimum atomic E-state index is -0.178. The number of piperidine rings is 1. The first-order chi connectivity index (χ1) is 11.9. The van der Waals surface area contributed by atoms with Crippen molar-refractivity contribution in [3.8, 4) is 0 Å². The van der Waals surface area contributed by atoms with Gasteiger partial charge in [-0.3, -0.25) is 5.32 Å². The van der Waals surface area contributed by atoms with Crippen LogP contribution in [0.2, 0.25) is 5.02 Å². The number of halogens is 1. The molecular weight excluding hydrogens is 340 g/mol. The van der Waals surface area contributed by atoms with Gasteiger partial charge in [-0.25, -0.2) is 9.48 Å². The molecule has 3 rings (SSSR count). The number of nitrogens with one attached hydrogen (secondary N) is 1. The van der Waals surface area contributed by atoms with E-state index in [2.05, 4.69) is 39.9 Å². The van der Waals surface area contributed by atoms with Crippen LogP contribution >= 0.6 is 11.6 Å². The minimum Gasteiger partial charge on any atom is -0.324 e. The highest BCUT2D eigenvalue weighted by molar-refractivity contribution is 6.30. The Morgan fingerprint density at radius 3 is 2.84 bits per heavy atom. The van der Waals surface area contributed by atoms with Crippen LogP contribution in [0.4, 0.5) is 10.7 Å². The number of amides is 2. The number of hydrogen-bond donors (Lipinski definition) is 1. The van der Waals surface area contributed by atoms with E-state index in [1.54, 1.807) is 11.9 Å². The summed E-state index contributed by atoms with van der Waals surface area (Å²) in [7, 11) is 1.68. The molecule has 132 valence electrons. The average molecular weight is 361 g/mol. The van der Waals surface area contributed by atoms with Gasteiger partial charge in [0.05, 0.1) is 0 Å². The lowest BCUT2D eigenvalue weighted by Gasteiger charge is -2.33. The summed E-state index contributed by atoms with van der Waals surface area (Å²) in [5.74, 6) is 0.616. The lowest BCUT2D eigenvalue weighted by molar-refractivity contribution is 0.197. The molecule has 0 saturated carbocycles. The van der Waals surface area contributed by atoms with Crippen LogP contribution in [-0.2, 0) is 7.05 Å². The lowest BCUT2D eigenvalue weighted by atomic mass is 9.91. The molecule has 1 fully saturated rings. The molecule has 0 bridgehead atoms. The summed E-state index contributed by atoms with van der Waals surface area (Å²) in [6, 6.07) is 5.85. The normalized spacial score (nSPS) is 19.3. The van der Waals surface area contributed by atoms with Gasteiger partial charge in [-0.15, -0.1) is 0 Å². The lowest BCUT2D eigenvalue weighted by Crippen LogP contribution is -2.42. The van der Waals surface area contributed by atoms with Crippen LogP contribution in [0.15, 0.2) is 23.8 Å². The molecule has 1 aromatic heterocycles. The van der Waals surface area contributed by atoms with E-state index in [9.17, 15) is 4.79 Å². The molecule has 1 unspecified atom stereocenters. The summed E-state index contributed by atoms with van der Waals surface area (Å²) in [6.07, 6.45) is 3.02. The first kappa shape index (κ1) is 17.4. The Morgan fingerprint density at radius 1 is 1.40 bits per heavy atom. The Kier molecular flexibility index (Phi) is 5.03. The zero-order chi connectivity index (χ0) is 18.0. The number of benzene rings is 1. The summed E-state index contributed by atoms with van der Waals surface area (Å²) in [6.45, 7) is 5.48. The molecule has 0 radical (unpaired) electrons. The van der Waals surface area contributed by atoms with Gasteiger partial charge in [-0.1, -0.05) is 41.3 Å². The van der Waals surface area contributed by atoms with Crippen LogP contribution in [0.5, 0.6) is 0 Å². The second kappa shape index (κ2) is 7.23. The second-order valence-corrected chi connectivity index (χ2v) is 6.87. The standard InChI is InChI=1S/C17H21ClN6O/c1-11-6-13(9-15(18)7-11)8-14-4-5-24(10-12(14)2)17(25)19-16-20-21-22-23(16)3/h6-9,12H,4-5,10H2,1-3H3,(H,19,20,22,25)/b14-8+. The third-order valence-corrected chi connectivity index (χ3v) is 4.56. The summed E-state index contributed by atoms with van der Waals surface area (Å²) in [5, 5.41) is 14.5. The largest absolute Gasteiger partial charge is 0.324 e. The third-order valence-electron chi connectivity index (χ3n) is 4.34. The van der Waals surface area contributed by atoms with Crippen LogP contribution in [0, 0.1) is 12.8 Å². The number of tetrazole rings is 1. The van der Waals surface area contributed by atoms with Gasteiger partial charge in [0.2, 0.25) is 0 Å². The van der Waals surface area contributed by atoms with Gasteiger partial charge in [0, 0.05) is 25.2 Å². The fourth-order valence-electron chi connectivity index (χ4n) is 3.02. The quantitative estimate of drug-likeness (QED) is 0.892. The fraction of sp³-hybridized carbons (Fsp3) is 0.412. The summed E-state index contributed by atoms with van der Waals surface area (Å²) in [5.41, 5.74) is 3.57. The number of anilines is 1. The molecule has 8 heteroatoms. The van der Waals surface area contributed by atoms with Crippen LogP contribution in [0.1, 0.15) is 24.5 Å². The van der Waals surface area contributed by atoms with Crippen molar-refractivity contribution in [2.24, 2.45) is 13.0 Å². The topological polar surface area (TPSA) is 75.9 Å². The summed E-state index contributed by atoms with van der Waals surface area (Å²) in [4.78, 5) is 14.2. The summed E-state index contributed by atoms with van der Waals surface area (Å²) < 4.78 is 1.43. The van der Waals surface area contributed by atoms with Crippen molar-refractivity contribution in [1.82, 2.24) is 25.1 Å². The van der Waals surface area contributed by atoms with Gasteiger partial charge in [-0.05, 0) is 52.9 Å². The van der Waals surface area contributed by atoms with Crippen molar-refractivity contribution in [2.75, 3.05) is 18.4 Å². The van der Waals surface area contributed by atoms with Crippen molar-refractivity contribution < 1.29 is 4.79 Å². The van der Waals surface area contributed by atoms with Crippen molar-refractivity contribution in [1.29, 1.82) is 0 Å². The molecule has 1 atom stereocenters. The molecule has 7 nitrogen and oxygen atoms in total. The first-order valence-corrected chi connectivity index (χ1v) is 8.56. The second-order valence-electron chi connectivity index (χ2n) is 6.43. The maximum absolute atomic E-state index is 12.4. The highest BCUT2D eigenvalue weighted by Crippen LogP contribution is 2.26. The molecular formula is C17H21ClN6O. The fourth-order valence-corrected chi connectivity index (χ4v) is 3.32. The van der Waals surface area contributed by atoms with Crippen LogP contribution < -0.4 is 5.32 Å². The molecule has 0 spiro atoms. The van der Waals surface area contributed by atoms with Gasteiger partial charge in [-0.2, -0.15) is 0 Å². The number of urea groups is 1. The molecule has 0 aliphatic carbocycles. The number of carbonyl (C=O) groups is 1. The Bertz CT molecular complexity index is 795. The first-order valence-electron chi connectivity index (χ1n) is 8.18. The van der Waals surface area contributed by atoms with Gasteiger partial charge >= 0.3 is 6.03 Å². The maximum Gasteiger partial charge on any atom is 0.324 e.